The van der Waals surface area contributed by atoms with Crippen LogP contribution < -0.4 is 10.2 Å². The molecule has 1 aliphatic heterocycles. The molecule has 0 saturated heterocycles. The Hall–Kier alpha value is -3.12. The SMILES string of the molecule is CCCCCOc1cccc([C@@H]2c3c(oc4ccccc4c3=O)C(=O)N2CCCOC)c1. The smallest absolute Gasteiger partial charge is 0.290 e. The van der Waals surface area contributed by atoms with Crippen LogP contribution in [0.4, 0.5) is 0 Å². The number of amides is 1. The molecule has 168 valence electrons. The third-order valence-corrected chi connectivity index (χ3v) is 5.81. The van der Waals surface area contributed by atoms with Crippen LogP contribution in [0.1, 0.15) is 60.3 Å². The van der Waals surface area contributed by atoms with Gasteiger partial charge in [-0.15, -0.1) is 0 Å². The minimum atomic E-state index is -0.519. The standard InChI is InChI=1S/C26H29NO5/c1-3-4-7-16-31-19-11-8-10-18(17-19)23-22-24(28)20-12-5-6-13-21(20)32-25(22)26(29)27(23)14-9-15-30-2/h5-6,8,10-13,17,23H,3-4,7,9,14-16H2,1-2H3/t23-/m1/s1. The van der Waals surface area contributed by atoms with Crippen molar-refractivity contribution in [1.29, 1.82) is 0 Å². The third kappa shape index (κ3) is 4.28. The highest BCUT2D eigenvalue weighted by atomic mass is 16.5. The first-order valence-corrected chi connectivity index (χ1v) is 11.2. The van der Waals surface area contributed by atoms with Crippen molar-refractivity contribution in [2.75, 3.05) is 26.9 Å². The molecule has 3 aromatic rings. The summed E-state index contributed by atoms with van der Waals surface area (Å²) in [6.07, 6.45) is 3.90. The van der Waals surface area contributed by atoms with E-state index >= 15 is 0 Å². The largest absolute Gasteiger partial charge is 0.494 e. The molecule has 1 amide bonds. The first-order chi connectivity index (χ1) is 15.7. The van der Waals surface area contributed by atoms with Gasteiger partial charge < -0.3 is 18.8 Å². The van der Waals surface area contributed by atoms with Crippen LogP contribution in [0.15, 0.2) is 57.7 Å². The minimum Gasteiger partial charge on any atom is -0.494 e. The van der Waals surface area contributed by atoms with Crippen LogP contribution in [-0.4, -0.2) is 37.7 Å². The van der Waals surface area contributed by atoms with E-state index in [0.29, 0.717) is 42.7 Å². The highest BCUT2D eigenvalue weighted by Gasteiger charge is 2.42. The van der Waals surface area contributed by atoms with E-state index in [1.165, 1.54) is 0 Å². The van der Waals surface area contributed by atoms with Gasteiger partial charge in [0.2, 0.25) is 5.76 Å². The molecule has 0 N–H and O–H groups in total. The maximum atomic E-state index is 13.5. The van der Waals surface area contributed by atoms with Crippen molar-refractivity contribution in [3.05, 3.63) is 75.6 Å². The molecule has 4 rings (SSSR count). The molecular formula is C26H29NO5. The zero-order valence-electron chi connectivity index (χ0n) is 18.6. The van der Waals surface area contributed by atoms with Crippen molar-refractivity contribution in [1.82, 2.24) is 4.90 Å². The number of ether oxygens (including phenoxy) is 2. The van der Waals surface area contributed by atoms with Crippen LogP contribution in [0.25, 0.3) is 11.0 Å². The molecule has 6 heteroatoms. The lowest BCUT2D eigenvalue weighted by Crippen LogP contribution is -2.31. The van der Waals surface area contributed by atoms with E-state index in [1.54, 1.807) is 36.3 Å². The Morgan fingerprint density at radius 3 is 2.66 bits per heavy atom. The summed E-state index contributed by atoms with van der Waals surface area (Å²) in [4.78, 5) is 28.5. The number of fused-ring (bicyclic) bond motifs is 2. The van der Waals surface area contributed by atoms with Crippen molar-refractivity contribution < 1.29 is 18.7 Å². The van der Waals surface area contributed by atoms with E-state index in [0.717, 1.165) is 30.6 Å². The Balaban J connectivity index is 1.76. The normalized spacial score (nSPS) is 15.4. The van der Waals surface area contributed by atoms with Crippen LogP contribution >= 0.6 is 0 Å². The summed E-state index contributed by atoms with van der Waals surface area (Å²) < 4.78 is 17.1. The van der Waals surface area contributed by atoms with Crippen molar-refractivity contribution in [2.24, 2.45) is 0 Å². The number of nitrogens with zero attached hydrogens (tertiary/aromatic N) is 1. The molecule has 0 aliphatic carbocycles. The van der Waals surface area contributed by atoms with Crippen LogP contribution in [0.5, 0.6) is 5.75 Å². The molecule has 1 atom stereocenters. The molecule has 32 heavy (non-hydrogen) atoms. The molecule has 2 heterocycles. The second-order valence-corrected chi connectivity index (χ2v) is 8.05. The molecule has 1 aromatic heterocycles. The van der Waals surface area contributed by atoms with Crippen LogP contribution in [-0.2, 0) is 4.74 Å². The molecule has 0 fully saturated rings. The minimum absolute atomic E-state index is 0.130. The molecule has 1 aliphatic rings. The highest BCUT2D eigenvalue weighted by molar-refractivity contribution is 5.99. The average Bonchev–Trinajstić information content (AvgIpc) is 3.09. The summed E-state index contributed by atoms with van der Waals surface area (Å²) in [6.45, 7) is 3.78. The van der Waals surface area contributed by atoms with E-state index in [9.17, 15) is 9.59 Å². The summed E-state index contributed by atoms with van der Waals surface area (Å²) in [5, 5.41) is 0.481. The Kier molecular flexibility index (Phi) is 6.90. The van der Waals surface area contributed by atoms with Crippen LogP contribution in [0.3, 0.4) is 0 Å². The topological polar surface area (TPSA) is 69.0 Å². The Labute approximate surface area is 187 Å². The molecule has 6 nitrogen and oxygen atoms in total. The lowest BCUT2D eigenvalue weighted by atomic mass is 9.98. The number of carbonyl (C=O) groups is 1. The Bertz CT molecular complexity index is 1150. The number of hydrogen-bond acceptors (Lipinski definition) is 5. The number of unbranched alkanes of at least 4 members (excludes halogenated alkanes) is 2. The van der Waals surface area contributed by atoms with E-state index in [4.69, 9.17) is 13.9 Å². The third-order valence-electron chi connectivity index (χ3n) is 5.81. The summed E-state index contributed by atoms with van der Waals surface area (Å²) >= 11 is 0. The maximum absolute atomic E-state index is 13.5. The fourth-order valence-electron chi connectivity index (χ4n) is 4.24. The van der Waals surface area contributed by atoms with Gasteiger partial charge in [0.15, 0.2) is 5.43 Å². The van der Waals surface area contributed by atoms with Crippen molar-refractivity contribution in [3.8, 4) is 5.75 Å². The fourth-order valence-corrected chi connectivity index (χ4v) is 4.24. The number of benzene rings is 2. The van der Waals surface area contributed by atoms with Crippen LogP contribution in [0.2, 0.25) is 0 Å². The first-order valence-electron chi connectivity index (χ1n) is 11.2. The number of methoxy groups -OCH3 is 1. The number of para-hydroxylation sites is 1. The molecule has 0 spiro atoms. The fraction of sp³-hybridized carbons (Fsp3) is 0.385. The predicted molar refractivity (Wildman–Crippen MR) is 123 cm³/mol. The van der Waals surface area contributed by atoms with E-state index in [2.05, 4.69) is 6.92 Å². The summed E-state index contributed by atoms with van der Waals surface area (Å²) in [7, 11) is 1.63. The zero-order valence-corrected chi connectivity index (χ0v) is 18.6. The summed E-state index contributed by atoms with van der Waals surface area (Å²) in [5.74, 6) is 0.602. The number of rotatable bonds is 10. The van der Waals surface area contributed by atoms with Gasteiger partial charge in [0, 0.05) is 20.3 Å². The Morgan fingerprint density at radius 2 is 1.84 bits per heavy atom. The average molecular weight is 436 g/mol. The molecular weight excluding hydrogens is 406 g/mol. The van der Waals surface area contributed by atoms with Gasteiger partial charge in [0.05, 0.1) is 23.6 Å². The van der Waals surface area contributed by atoms with Gasteiger partial charge in [-0.25, -0.2) is 0 Å². The van der Waals surface area contributed by atoms with Gasteiger partial charge in [-0.2, -0.15) is 0 Å². The molecule has 0 saturated carbocycles. The maximum Gasteiger partial charge on any atom is 0.290 e. The van der Waals surface area contributed by atoms with Gasteiger partial charge in [-0.1, -0.05) is 44.0 Å². The van der Waals surface area contributed by atoms with Crippen molar-refractivity contribution >= 4 is 16.9 Å². The second kappa shape index (κ2) is 10.0. The number of hydrogen-bond donors (Lipinski definition) is 0. The highest BCUT2D eigenvalue weighted by Crippen LogP contribution is 2.39. The van der Waals surface area contributed by atoms with Gasteiger partial charge in [-0.3, -0.25) is 9.59 Å². The first kappa shape index (κ1) is 22.1. The lowest BCUT2D eigenvalue weighted by molar-refractivity contribution is 0.0707. The predicted octanol–water partition coefficient (Wildman–Crippen LogP) is 4.94. The quantitative estimate of drug-likeness (QED) is 0.422. The van der Waals surface area contributed by atoms with Crippen molar-refractivity contribution in [3.63, 3.8) is 0 Å². The van der Waals surface area contributed by atoms with E-state index in [-0.39, 0.29) is 17.1 Å². The van der Waals surface area contributed by atoms with Crippen LogP contribution in [0, 0.1) is 0 Å². The zero-order chi connectivity index (χ0) is 22.5. The van der Waals surface area contributed by atoms with Crippen molar-refractivity contribution in [2.45, 2.75) is 38.6 Å². The van der Waals surface area contributed by atoms with Gasteiger partial charge in [-0.05, 0) is 42.7 Å². The monoisotopic (exact) mass is 435 g/mol. The van der Waals surface area contributed by atoms with E-state index < -0.39 is 6.04 Å². The lowest BCUT2D eigenvalue weighted by Gasteiger charge is -2.25. The molecule has 0 radical (unpaired) electrons. The number of carbonyl (C=O) groups excluding carboxylic acids is 1. The molecule has 0 unspecified atom stereocenters. The Morgan fingerprint density at radius 1 is 1.00 bits per heavy atom. The van der Waals surface area contributed by atoms with Gasteiger partial charge in [0.25, 0.3) is 5.91 Å². The van der Waals surface area contributed by atoms with Gasteiger partial charge >= 0.3 is 0 Å². The molecule has 2 aromatic carbocycles. The van der Waals surface area contributed by atoms with E-state index in [1.807, 2.05) is 24.3 Å². The summed E-state index contributed by atoms with van der Waals surface area (Å²) in [5.41, 5.74) is 1.50. The van der Waals surface area contributed by atoms with Gasteiger partial charge in [0.1, 0.15) is 11.3 Å². The second-order valence-electron chi connectivity index (χ2n) is 8.05. The summed E-state index contributed by atoms with van der Waals surface area (Å²) in [6, 6.07) is 14.2. The molecule has 0 bridgehead atoms.